The predicted molar refractivity (Wildman–Crippen MR) is 120 cm³/mol. The molecule has 0 bridgehead atoms. The van der Waals surface area contributed by atoms with Gasteiger partial charge in [-0.2, -0.15) is 0 Å². The van der Waals surface area contributed by atoms with Crippen LogP contribution in [0.1, 0.15) is 123 Å². The number of rotatable bonds is 3. The van der Waals surface area contributed by atoms with Crippen LogP contribution in [0.3, 0.4) is 0 Å². The second-order valence-corrected chi connectivity index (χ2v) is 16.8. The van der Waals surface area contributed by atoms with Crippen molar-refractivity contribution >= 4 is 8.07 Å². The molecule has 152 valence electrons. The Morgan fingerprint density at radius 1 is 0.538 bits per heavy atom. The normalized spacial score (nSPS) is 36.3. The minimum absolute atomic E-state index is 0.327. The number of hydrogen-bond donors (Lipinski definition) is 0. The molecule has 3 rings (SSSR count). The van der Waals surface area contributed by atoms with Crippen molar-refractivity contribution in [3.8, 4) is 0 Å². The summed E-state index contributed by atoms with van der Waals surface area (Å²) in [7, 11) is -2.61. The molecule has 0 saturated heterocycles. The maximum absolute atomic E-state index is 9.89. The largest absolute Gasteiger partial charge is 0.0685 e. The SMILES string of the molecule is [2H]C1([Si](C)(C2([2H])CCC(C)(C)CC2)C2([2H])CCC(C)(C)CC2)CCC(C)(C)CC1. The van der Waals surface area contributed by atoms with Gasteiger partial charge in [-0.15, -0.1) is 0 Å². The first-order chi connectivity index (χ1) is 13.0. The molecule has 0 radical (unpaired) electrons. The van der Waals surface area contributed by atoms with Gasteiger partial charge in [0.15, 0.2) is 0 Å². The molecule has 0 aromatic heterocycles. The Hall–Kier alpha value is 0.217. The maximum atomic E-state index is 9.89. The van der Waals surface area contributed by atoms with Crippen molar-refractivity contribution < 1.29 is 4.11 Å². The van der Waals surface area contributed by atoms with E-state index < -0.39 is 24.6 Å². The minimum Gasteiger partial charge on any atom is -0.0685 e. The van der Waals surface area contributed by atoms with Gasteiger partial charge in [0.25, 0.3) is 0 Å². The second-order valence-electron chi connectivity index (χ2n) is 12.4. The van der Waals surface area contributed by atoms with E-state index in [1.165, 1.54) is 0 Å². The zero-order chi connectivity index (χ0) is 22.0. The smallest absolute Gasteiger partial charge is 0.0598 e. The Morgan fingerprint density at radius 3 is 0.923 bits per heavy atom. The molecule has 26 heavy (non-hydrogen) atoms. The van der Waals surface area contributed by atoms with Crippen LogP contribution in [-0.4, -0.2) is 8.07 Å². The highest BCUT2D eigenvalue weighted by molar-refractivity contribution is 6.82. The van der Waals surface area contributed by atoms with Crippen LogP contribution in [-0.2, 0) is 0 Å². The fourth-order valence-electron chi connectivity index (χ4n) is 5.94. The van der Waals surface area contributed by atoms with Gasteiger partial charge in [0.2, 0.25) is 0 Å². The summed E-state index contributed by atoms with van der Waals surface area (Å²) in [6.45, 7) is 16.5. The van der Waals surface area contributed by atoms with Crippen molar-refractivity contribution in [1.29, 1.82) is 0 Å². The highest BCUT2D eigenvalue weighted by atomic mass is 28.3. The molecule has 3 aliphatic carbocycles. The van der Waals surface area contributed by atoms with E-state index in [0.29, 0.717) is 16.2 Å². The molecule has 3 saturated carbocycles. The lowest BCUT2D eigenvalue weighted by atomic mass is 9.76. The average Bonchev–Trinajstić information content (AvgIpc) is 2.62. The molecule has 0 unspecified atom stereocenters. The lowest BCUT2D eigenvalue weighted by Gasteiger charge is -2.55. The summed E-state index contributed by atoms with van der Waals surface area (Å²) in [5.74, 6) is 0. The van der Waals surface area contributed by atoms with E-state index in [0.717, 1.165) is 77.0 Å². The summed E-state index contributed by atoms with van der Waals surface area (Å²) in [5, 5.41) is 0. The number of hydrogen-bond acceptors (Lipinski definition) is 0. The van der Waals surface area contributed by atoms with E-state index in [9.17, 15) is 4.11 Å². The third kappa shape index (κ3) is 4.44. The van der Waals surface area contributed by atoms with Crippen molar-refractivity contribution in [1.82, 2.24) is 0 Å². The first kappa shape index (κ1) is 17.1. The molecule has 0 spiro atoms. The van der Waals surface area contributed by atoms with Crippen LogP contribution in [0.15, 0.2) is 0 Å². The van der Waals surface area contributed by atoms with Crippen LogP contribution in [0, 0.1) is 16.2 Å². The highest BCUT2D eigenvalue weighted by Gasteiger charge is 2.52. The molecule has 0 aromatic carbocycles. The quantitative estimate of drug-likeness (QED) is 0.429. The fraction of sp³-hybridized carbons (Fsp3) is 1.00. The van der Waals surface area contributed by atoms with Gasteiger partial charge in [-0.1, -0.05) is 86.6 Å². The van der Waals surface area contributed by atoms with E-state index in [1.807, 2.05) is 0 Å². The molecule has 0 aliphatic heterocycles. The van der Waals surface area contributed by atoms with E-state index in [2.05, 4.69) is 48.1 Å². The highest BCUT2D eigenvalue weighted by Crippen LogP contribution is 2.60. The Kier molecular flexibility index (Phi) is 4.76. The Bertz CT molecular complexity index is 508. The van der Waals surface area contributed by atoms with Crippen LogP contribution in [0.2, 0.25) is 23.1 Å². The summed E-state index contributed by atoms with van der Waals surface area (Å²) in [4.78, 5) is 0. The molecule has 3 fully saturated rings. The van der Waals surface area contributed by atoms with Gasteiger partial charge in [-0.05, 0) is 71.3 Å². The lowest BCUT2D eigenvalue weighted by molar-refractivity contribution is 0.213. The van der Waals surface area contributed by atoms with Crippen molar-refractivity contribution in [2.45, 2.75) is 142 Å². The molecule has 1 heteroatoms. The van der Waals surface area contributed by atoms with Crippen LogP contribution < -0.4 is 0 Å². The molecule has 0 aromatic rings. The minimum atomic E-state index is -2.61. The predicted octanol–water partition coefficient (Wildman–Crippen LogP) is 8.98. The van der Waals surface area contributed by atoms with Crippen molar-refractivity contribution in [3.63, 3.8) is 0 Å². The van der Waals surface area contributed by atoms with E-state index >= 15 is 0 Å². The van der Waals surface area contributed by atoms with E-state index in [1.54, 1.807) is 0 Å². The summed E-state index contributed by atoms with van der Waals surface area (Å²) in [6.07, 6.45) is 12.2. The summed E-state index contributed by atoms with van der Waals surface area (Å²) >= 11 is 0. The first-order valence-corrected chi connectivity index (χ1v) is 14.0. The molecule has 0 nitrogen and oxygen atoms in total. The van der Waals surface area contributed by atoms with E-state index in [-0.39, 0.29) is 0 Å². The third-order valence-corrected chi connectivity index (χ3v) is 14.5. The summed E-state index contributed by atoms with van der Waals surface area (Å²) in [6, 6.07) is 0. The monoisotopic (exact) mass is 379 g/mol. The molecular weight excluding hydrogens is 328 g/mol. The van der Waals surface area contributed by atoms with Crippen molar-refractivity contribution in [2.24, 2.45) is 16.2 Å². The van der Waals surface area contributed by atoms with Crippen LogP contribution in [0.5, 0.6) is 0 Å². The Morgan fingerprint density at radius 2 is 0.731 bits per heavy atom. The van der Waals surface area contributed by atoms with Gasteiger partial charge in [-0.25, -0.2) is 0 Å². The first-order valence-electron chi connectivity index (χ1n) is 13.0. The molecule has 0 amide bonds. The fourth-order valence-corrected chi connectivity index (χ4v) is 11.2. The third-order valence-electron chi connectivity index (χ3n) is 8.74. The molecule has 0 N–H and O–H groups in total. The molecule has 3 aliphatic rings. The van der Waals surface area contributed by atoms with Gasteiger partial charge in [0.05, 0.1) is 8.07 Å². The Labute approximate surface area is 170 Å². The maximum Gasteiger partial charge on any atom is 0.0598 e. The second kappa shape index (κ2) is 7.23. The van der Waals surface area contributed by atoms with E-state index in [4.69, 9.17) is 0 Å². The van der Waals surface area contributed by atoms with Gasteiger partial charge < -0.3 is 0 Å². The van der Waals surface area contributed by atoms with Gasteiger partial charge in [0, 0.05) is 4.11 Å². The Balaban J connectivity index is 2.02. The lowest BCUT2D eigenvalue weighted by Crippen LogP contribution is -2.50. The van der Waals surface area contributed by atoms with Crippen molar-refractivity contribution in [2.75, 3.05) is 0 Å². The van der Waals surface area contributed by atoms with Gasteiger partial charge in [0.1, 0.15) is 0 Å². The average molecular weight is 380 g/mol. The zero-order valence-corrected chi connectivity index (χ0v) is 20.0. The summed E-state index contributed by atoms with van der Waals surface area (Å²) < 4.78 is 29.7. The van der Waals surface area contributed by atoms with Crippen LogP contribution in [0.4, 0.5) is 0 Å². The van der Waals surface area contributed by atoms with Crippen LogP contribution >= 0.6 is 0 Å². The van der Waals surface area contributed by atoms with Gasteiger partial charge >= 0.3 is 0 Å². The summed E-state index contributed by atoms with van der Waals surface area (Å²) in [5.41, 5.74) is -0.535. The zero-order valence-electron chi connectivity index (χ0n) is 22.0. The molecule has 0 heterocycles. The topological polar surface area (TPSA) is 0 Å². The molecular formula is C25H48Si. The van der Waals surface area contributed by atoms with Crippen molar-refractivity contribution in [3.05, 3.63) is 0 Å². The van der Waals surface area contributed by atoms with Gasteiger partial charge in [-0.3, -0.25) is 0 Å². The standard InChI is InChI=1S/C25H48Si/c1-23(2)14-8-20(9-15-23)26(7,21-10-16-24(3,4)17-11-21)22-12-18-25(5,6)19-13-22/h20-22H,8-19H2,1-7H3/i20D,21D,22D. The molecule has 0 atom stereocenters. The van der Waals surface area contributed by atoms with Crippen LogP contribution in [0.25, 0.3) is 0 Å².